The summed E-state index contributed by atoms with van der Waals surface area (Å²) in [6.45, 7) is 2.32. The Bertz CT molecular complexity index is 655. The summed E-state index contributed by atoms with van der Waals surface area (Å²) < 4.78 is 6.74. The van der Waals surface area contributed by atoms with Crippen molar-refractivity contribution in [2.45, 2.75) is 19.5 Å². The van der Waals surface area contributed by atoms with Crippen LogP contribution in [0.25, 0.3) is 11.0 Å². The van der Waals surface area contributed by atoms with Crippen molar-refractivity contribution in [3.05, 3.63) is 30.1 Å². The quantitative estimate of drug-likeness (QED) is 0.838. The summed E-state index contributed by atoms with van der Waals surface area (Å²) in [5.74, 6) is 3.18. The van der Waals surface area contributed by atoms with Crippen LogP contribution in [-0.2, 0) is 16.1 Å². The molecule has 0 radical (unpaired) electrons. The van der Waals surface area contributed by atoms with Crippen molar-refractivity contribution in [3.63, 3.8) is 0 Å². The van der Waals surface area contributed by atoms with E-state index < -0.39 is 0 Å². The van der Waals surface area contributed by atoms with Gasteiger partial charge in [0.1, 0.15) is 12.4 Å². The highest BCUT2D eigenvalue weighted by molar-refractivity contribution is 5.78. The van der Waals surface area contributed by atoms with E-state index >= 15 is 0 Å². The average Bonchev–Trinajstić information content (AvgIpc) is 2.79. The van der Waals surface area contributed by atoms with Crippen LogP contribution in [-0.4, -0.2) is 29.2 Å². The van der Waals surface area contributed by atoms with Gasteiger partial charge in [0.25, 0.3) is 0 Å². The summed E-state index contributed by atoms with van der Waals surface area (Å²) in [4.78, 5) is 16.2. The molecule has 1 aromatic carbocycles. The number of nitrogens with zero attached hydrogens (tertiary/aromatic N) is 2. The molecule has 1 amide bonds. The molecule has 0 aliphatic heterocycles. The van der Waals surface area contributed by atoms with Crippen LogP contribution in [0.2, 0.25) is 0 Å². The van der Waals surface area contributed by atoms with Gasteiger partial charge in [0.05, 0.1) is 23.6 Å². The van der Waals surface area contributed by atoms with Gasteiger partial charge in [-0.15, -0.1) is 6.42 Å². The third kappa shape index (κ3) is 2.81. The summed E-state index contributed by atoms with van der Waals surface area (Å²) in [5.41, 5.74) is 1.83. The smallest absolute Gasteiger partial charge is 0.246 e. The van der Waals surface area contributed by atoms with Crippen LogP contribution in [0.5, 0.6) is 0 Å². The normalized spacial score (nSPS) is 12.1. The predicted octanol–water partition coefficient (Wildman–Crippen LogP) is 1.49. The highest BCUT2D eigenvalue weighted by Crippen LogP contribution is 2.20. The van der Waals surface area contributed by atoms with Gasteiger partial charge in [-0.25, -0.2) is 4.98 Å². The number of hydrogen-bond acceptors (Lipinski definition) is 3. The van der Waals surface area contributed by atoms with E-state index in [-0.39, 0.29) is 18.6 Å². The number of hydrogen-bond donors (Lipinski definition) is 1. The molecule has 1 atom stereocenters. The highest BCUT2D eigenvalue weighted by atomic mass is 16.5. The predicted molar refractivity (Wildman–Crippen MR) is 77.0 cm³/mol. The second-order valence-electron chi connectivity index (χ2n) is 4.47. The number of ether oxygens (including phenoxy) is 1. The lowest BCUT2D eigenvalue weighted by molar-refractivity contribution is -0.125. The Kier molecular flexibility index (Phi) is 4.38. The number of terminal acetylenes is 1. The Hall–Kier alpha value is -2.32. The Morgan fingerprint density at radius 2 is 2.30 bits per heavy atom. The summed E-state index contributed by atoms with van der Waals surface area (Å²) in [5, 5.41) is 2.84. The van der Waals surface area contributed by atoms with E-state index in [2.05, 4.69) is 16.2 Å². The number of rotatable bonds is 5. The third-order valence-corrected chi connectivity index (χ3v) is 2.97. The number of benzene rings is 1. The van der Waals surface area contributed by atoms with Crippen LogP contribution in [0.3, 0.4) is 0 Å². The fourth-order valence-corrected chi connectivity index (χ4v) is 2.16. The van der Waals surface area contributed by atoms with Crippen molar-refractivity contribution < 1.29 is 9.53 Å². The Morgan fingerprint density at radius 1 is 1.55 bits per heavy atom. The van der Waals surface area contributed by atoms with E-state index in [0.717, 1.165) is 16.9 Å². The van der Waals surface area contributed by atoms with E-state index in [1.807, 2.05) is 35.8 Å². The van der Waals surface area contributed by atoms with E-state index in [9.17, 15) is 4.79 Å². The molecule has 2 aromatic rings. The van der Waals surface area contributed by atoms with E-state index in [1.54, 1.807) is 0 Å². The molecule has 5 heteroatoms. The summed E-state index contributed by atoms with van der Waals surface area (Å²) >= 11 is 0. The zero-order valence-electron chi connectivity index (χ0n) is 11.6. The van der Waals surface area contributed by atoms with Gasteiger partial charge >= 0.3 is 0 Å². The van der Waals surface area contributed by atoms with Gasteiger partial charge < -0.3 is 14.6 Å². The van der Waals surface area contributed by atoms with E-state index in [4.69, 9.17) is 11.2 Å². The van der Waals surface area contributed by atoms with Crippen molar-refractivity contribution >= 4 is 16.9 Å². The molecule has 104 valence electrons. The topological polar surface area (TPSA) is 56.2 Å². The maximum atomic E-state index is 11.6. The standard InChI is InChI=1S/C15H17N3O2/c1-4-9-18-13-8-6-5-7-12(13)17-15(18)11(2)16-14(19)10-20-3/h1,5-8,11H,9-10H2,2-3H3,(H,16,19). The Labute approximate surface area is 117 Å². The van der Waals surface area contributed by atoms with E-state index in [0.29, 0.717) is 6.54 Å². The summed E-state index contributed by atoms with van der Waals surface area (Å²) in [7, 11) is 1.48. The van der Waals surface area contributed by atoms with Gasteiger partial charge in [0.2, 0.25) is 5.91 Å². The molecule has 0 aliphatic rings. The molecule has 2 rings (SSSR count). The molecule has 1 aromatic heterocycles. The van der Waals surface area contributed by atoms with Crippen LogP contribution in [0.1, 0.15) is 18.8 Å². The minimum Gasteiger partial charge on any atom is -0.375 e. The zero-order chi connectivity index (χ0) is 14.5. The summed E-state index contributed by atoms with van der Waals surface area (Å²) in [6.07, 6.45) is 5.42. The van der Waals surface area contributed by atoms with Gasteiger partial charge in [-0.2, -0.15) is 0 Å². The largest absolute Gasteiger partial charge is 0.375 e. The molecule has 0 bridgehead atoms. The van der Waals surface area contributed by atoms with Crippen LogP contribution in [0, 0.1) is 12.3 Å². The summed E-state index contributed by atoms with van der Waals surface area (Å²) in [6, 6.07) is 7.52. The Balaban J connectivity index is 2.35. The maximum Gasteiger partial charge on any atom is 0.246 e. The molecule has 0 saturated carbocycles. The Morgan fingerprint density at radius 3 is 3.00 bits per heavy atom. The number of carbonyl (C=O) groups excluding carboxylic acids is 1. The van der Waals surface area contributed by atoms with Crippen molar-refractivity contribution in [2.24, 2.45) is 0 Å². The first-order chi connectivity index (χ1) is 9.67. The van der Waals surface area contributed by atoms with Crippen LogP contribution in [0.4, 0.5) is 0 Å². The number of amides is 1. The SMILES string of the molecule is C#CCn1c(C(C)NC(=O)COC)nc2ccccc21. The van der Waals surface area contributed by atoms with Gasteiger partial charge in [-0.3, -0.25) is 4.79 Å². The fourth-order valence-electron chi connectivity index (χ4n) is 2.16. The number of imidazole rings is 1. The third-order valence-electron chi connectivity index (χ3n) is 2.97. The first kappa shape index (κ1) is 14.1. The lowest BCUT2D eigenvalue weighted by atomic mass is 10.3. The molecule has 0 saturated heterocycles. The number of carbonyl (C=O) groups is 1. The number of nitrogens with one attached hydrogen (secondary N) is 1. The highest BCUT2D eigenvalue weighted by Gasteiger charge is 2.17. The maximum absolute atomic E-state index is 11.6. The minimum absolute atomic E-state index is 0.0275. The number of para-hydroxylation sites is 2. The minimum atomic E-state index is -0.238. The average molecular weight is 271 g/mol. The van der Waals surface area contributed by atoms with Gasteiger partial charge in [-0.1, -0.05) is 18.1 Å². The van der Waals surface area contributed by atoms with E-state index in [1.165, 1.54) is 7.11 Å². The molecule has 0 aliphatic carbocycles. The van der Waals surface area contributed by atoms with Crippen molar-refractivity contribution in [1.82, 2.24) is 14.9 Å². The molecule has 1 unspecified atom stereocenters. The van der Waals surface area contributed by atoms with Crippen molar-refractivity contribution in [3.8, 4) is 12.3 Å². The molecule has 1 heterocycles. The second-order valence-corrected chi connectivity index (χ2v) is 4.47. The molecule has 20 heavy (non-hydrogen) atoms. The van der Waals surface area contributed by atoms with Crippen molar-refractivity contribution in [2.75, 3.05) is 13.7 Å². The van der Waals surface area contributed by atoms with Crippen LogP contribution >= 0.6 is 0 Å². The van der Waals surface area contributed by atoms with Gasteiger partial charge in [0, 0.05) is 7.11 Å². The molecular formula is C15H17N3O2. The van der Waals surface area contributed by atoms with Crippen LogP contribution in [0.15, 0.2) is 24.3 Å². The van der Waals surface area contributed by atoms with Crippen LogP contribution < -0.4 is 5.32 Å². The first-order valence-electron chi connectivity index (χ1n) is 6.34. The number of aromatic nitrogens is 2. The molecule has 5 nitrogen and oxygen atoms in total. The molecule has 0 spiro atoms. The number of methoxy groups -OCH3 is 1. The fraction of sp³-hybridized carbons (Fsp3) is 0.333. The second kappa shape index (κ2) is 6.22. The first-order valence-corrected chi connectivity index (χ1v) is 6.34. The van der Waals surface area contributed by atoms with Gasteiger partial charge in [-0.05, 0) is 19.1 Å². The van der Waals surface area contributed by atoms with Crippen molar-refractivity contribution in [1.29, 1.82) is 0 Å². The molecule has 1 N–H and O–H groups in total. The lowest BCUT2D eigenvalue weighted by Crippen LogP contribution is -2.31. The number of fused-ring (bicyclic) bond motifs is 1. The monoisotopic (exact) mass is 271 g/mol. The van der Waals surface area contributed by atoms with Gasteiger partial charge in [0.15, 0.2) is 0 Å². The zero-order valence-corrected chi connectivity index (χ0v) is 11.6. The molecular weight excluding hydrogens is 254 g/mol. The lowest BCUT2D eigenvalue weighted by Gasteiger charge is -2.14. The molecule has 0 fully saturated rings.